The highest BCUT2D eigenvalue weighted by Crippen LogP contribution is 2.22. The number of para-hydroxylation sites is 1. The first-order valence-corrected chi connectivity index (χ1v) is 6.97. The summed E-state index contributed by atoms with van der Waals surface area (Å²) in [6.45, 7) is 5.85. The molecule has 0 aliphatic rings. The lowest BCUT2D eigenvalue weighted by atomic mass is 10.1. The van der Waals surface area contributed by atoms with Crippen LogP contribution in [0.3, 0.4) is 0 Å². The van der Waals surface area contributed by atoms with Gasteiger partial charge in [0.05, 0.1) is 0 Å². The van der Waals surface area contributed by atoms with Crippen molar-refractivity contribution in [3.8, 4) is 0 Å². The van der Waals surface area contributed by atoms with Crippen LogP contribution in [0.1, 0.15) is 22.8 Å². The van der Waals surface area contributed by atoms with Gasteiger partial charge in [-0.25, -0.2) is 0 Å². The molecule has 0 spiro atoms. The van der Waals surface area contributed by atoms with Gasteiger partial charge in [-0.2, -0.15) is 0 Å². The number of rotatable bonds is 3. The molecule has 0 saturated carbocycles. The number of benzene rings is 2. The van der Waals surface area contributed by atoms with Gasteiger partial charge in [0.1, 0.15) is 0 Å². The van der Waals surface area contributed by atoms with Gasteiger partial charge in [-0.3, -0.25) is 4.79 Å². The molecule has 2 rings (SSSR count). The minimum atomic E-state index is -0.106. The van der Waals surface area contributed by atoms with Crippen LogP contribution in [0, 0.1) is 3.57 Å². The Balaban J connectivity index is 2.24. The second kappa shape index (κ2) is 6.02. The fraction of sp³-hybridized carbons (Fsp3) is 0.0625. The monoisotopic (exact) mass is 363 g/mol. The molecule has 0 unspecified atom stereocenters. The van der Waals surface area contributed by atoms with Crippen molar-refractivity contribution in [1.29, 1.82) is 0 Å². The highest BCUT2D eigenvalue weighted by atomic mass is 127. The quantitative estimate of drug-likeness (QED) is 0.795. The fourth-order valence-corrected chi connectivity index (χ4v) is 2.12. The predicted molar refractivity (Wildman–Crippen MR) is 88.3 cm³/mol. The van der Waals surface area contributed by atoms with Gasteiger partial charge in [0.25, 0.3) is 5.91 Å². The van der Waals surface area contributed by atoms with E-state index in [1.807, 2.05) is 55.5 Å². The Bertz CT molecular complexity index is 617. The molecule has 19 heavy (non-hydrogen) atoms. The minimum Gasteiger partial charge on any atom is -0.321 e. The molecule has 2 aromatic carbocycles. The highest BCUT2D eigenvalue weighted by Gasteiger charge is 2.08. The molecule has 0 saturated heterocycles. The second-order valence-electron chi connectivity index (χ2n) is 4.29. The third kappa shape index (κ3) is 3.44. The van der Waals surface area contributed by atoms with Crippen molar-refractivity contribution in [2.45, 2.75) is 6.92 Å². The molecule has 0 radical (unpaired) electrons. The molecule has 2 nitrogen and oxygen atoms in total. The minimum absolute atomic E-state index is 0.106. The standard InChI is InChI=1S/C16H14INO/c1-11(2)14-5-3-4-6-15(14)18-16(19)12-7-9-13(17)10-8-12/h3-10H,1H2,2H3,(H,18,19). The predicted octanol–water partition coefficient (Wildman–Crippen LogP) is 4.58. The summed E-state index contributed by atoms with van der Waals surface area (Å²) in [5.41, 5.74) is 3.33. The maximum Gasteiger partial charge on any atom is 0.255 e. The average molecular weight is 363 g/mol. The summed E-state index contributed by atoms with van der Waals surface area (Å²) in [7, 11) is 0. The highest BCUT2D eigenvalue weighted by molar-refractivity contribution is 14.1. The number of amides is 1. The van der Waals surface area contributed by atoms with Gasteiger partial charge in [0, 0.05) is 20.4 Å². The zero-order chi connectivity index (χ0) is 13.8. The molecule has 0 heterocycles. The van der Waals surface area contributed by atoms with E-state index in [4.69, 9.17) is 0 Å². The third-order valence-corrected chi connectivity index (χ3v) is 3.46. The first-order chi connectivity index (χ1) is 9.08. The van der Waals surface area contributed by atoms with Crippen LogP contribution in [0.4, 0.5) is 5.69 Å². The molecule has 0 aromatic heterocycles. The molecule has 0 aliphatic heterocycles. The van der Waals surface area contributed by atoms with Crippen molar-refractivity contribution in [1.82, 2.24) is 0 Å². The number of hydrogen-bond donors (Lipinski definition) is 1. The SMILES string of the molecule is C=C(C)c1ccccc1NC(=O)c1ccc(I)cc1. The van der Waals surface area contributed by atoms with Gasteiger partial charge in [0.15, 0.2) is 0 Å². The van der Waals surface area contributed by atoms with E-state index in [1.54, 1.807) is 0 Å². The fourth-order valence-electron chi connectivity index (χ4n) is 1.76. The van der Waals surface area contributed by atoms with E-state index in [2.05, 4.69) is 34.5 Å². The first kappa shape index (κ1) is 13.8. The summed E-state index contributed by atoms with van der Waals surface area (Å²) >= 11 is 2.21. The van der Waals surface area contributed by atoms with Crippen LogP contribution in [0.5, 0.6) is 0 Å². The van der Waals surface area contributed by atoms with Gasteiger partial charge in [-0.05, 0) is 65.4 Å². The smallest absolute Gasteiger partial charge is 0.255 e. The Kier molecular flexibility index (Phi) is 4.37. The third-order valence-electron chi connectivity index (χ3n) is 2.74. The lowest BCUT2D eigenvalue weighted by Crippen LogP contribution is -2.12. The van der Waals surface area contributed by atoms with Gasteiger partial charge in [-0.15, -0.1) is 0 Å². The average Bonchev–Trinajstić information content (AvgIpc) is 2.39. The van der Waals surface area contributed by atoms with Crippen molar-refractivity contribution in [3.63, 3.8) is 0 Å². The van der Waals surface area contributed by atoms with Crippen LogP contribution in [-0.2, 0) is 0 Å². The van der Waals surface area contributed by atoms with Gasteiger partial charge in [-0.1, -0.05) is 24.8 Å². The Morgan fingerprint density at radius 2 is 1.74 bits per heavy atom. The van der Waals surface area contributed by atoms with E-state index in [0.717, 1.165) is 20.4 Å². The summed E-state index contributed by atoms with van der Waals surface area (Å²) in [5.74, 6) is -0.106. The maximum absolute atomic E-state index is 12.2. The molecule has 3 heteroatoms. The Hall–Kier alpha value is -1.62. The Morgan fingerprint density at radius 3 is 2.37 bits per heavy atom. The van der Waals surface area contributed by atoms with E-state index in [0.29, 0.717) is 5.56 Å². The second-order valence-corrected chi connectivity index (χ2v) is 5.53. The van der Waals surface area contributed by atoms with E-state index in [1.165, 1.54) is 0 Å². The number of allylic oxidation sites excluding steroid dienone is 1. The van der Waals surface area contributed by atoms with Crippen LogP contribution in [-0.4, -0.2) is 5.91 Å². The van der Waals surface area contributed by atoms with Crippen molar-refractivity contribution < 1.29 is 4.79 Å². The summed E-state index contributed by atoms with van der Waals surface area (Å²) in [5, 5.41) is 2.93. The topological polar surface area (TPSA) is 29.1 Å². The van der Waals surface area contributed by atoms with Crippen LogP contribution in [0.2, 0.25) is 0 Å². The summed E-state index contributed by atoms with van der Waals surface area (Å²) in [4.78, 5) is 12.2. The zero-order valence-corrected chi connectivity index (χ0v) is 12.8. The van der Waals surface area contributed by atoms with Crippen molar-refractivity contribution >= 4 is 39.8 Å². The molecular weight excluding hydrogens is 349 g/mol. The van der Waals surface area contributed by atoms with E-state index in [-0.39, 0.29) is 5.91 Å². The van der Waals surface area contributed by atoms with Gasteiger partial charge >= 0.3 is 0 Å². The number of nitrogens with one attached hydrogen (secondary N) is 1. The molecule has 0 fully saturated rings. The number of carbonyl (C=O) groups is 1. The van der Waals surface area contributed by atoms with Crippen molar-refractivity contribution in [2.24, 2.45) is 0 Å². The van der Waals surface area contributed by atoms with Gasteiger partial charge < -0.3 is 5.32 Å². The molecule has 1 N–H and O–H groups in total. The molecule has 0 aliphatic carbocycles. The van der Waals surface area contributed by atoms with Crippen LogP contribution >= 0.6 is 22.6 Å². The van der Waals surface area contributed by atoms with Crippen molar-refractivity contribution in [2.75, 3.05) is 5.32 Å². The Labute approximate surface area is 126 Å². The number of anilines is 1. The first-order valence-electron chi connectivity index (χ1n) is 5.90. The summed E-state index contributed by atoms with van der Waals surface area (Å²) in [6, 6.07) is 15.1. The lowest BCUT2D eigenvalue weighted by Gasteiger charge is -2.10. The van der Waals surface area contributed by atoms with E-state index < -0.39 is 0 Å². The van der Waals surface area contributed by atoms with Crippen molar-refractivity contribution in [3.05, 3.63) is 69.8 Å². The summed E-state index contributed by atoms with van der Waals surface area (Å²) < 4.78 is 1.11. The molecule has 0 atom stereocenters. The van der Waals surface area contributed by atoms with E-state index >= 15 is 0 Å². The Morgan fingerprint density at radius 1 is 1.11 bits per heavy atom. The van der Waals surface area contributed by atoms with Gasteiger partial charge in [0.2, 0.25) is 0 Å². The maximum atomic E-state index is 12.2. The van der Waals surface area contributed by atoms with Crippen LogP contribution in [0.15, 0.2) is 55.1 Å². The largest absolute Gasteiger partial charge is 0.321 e. The lowest BCUT2D eigenvalue weighted by molar-refractivity contribution is 0.102. The van der Waals surface area contributed by atoms with Crippen LogP contribution in [0.25, 0.3) is 5.57 Å². The molecule has 2 aromatic rings. The molecule has 0 bridgehead atoms. The molecule has 1 amide bonds. The van der Waals surface area contributed by atoms with E-state index in [9.17, 15) is 4.79 Å². The normalized spacial score (nSPS) is 10.0. The number of carbonyl (C=O) groups excluding carboxylic acids is 1. The zero-order valence-electron chi connectivity index (χ0n) is 10.6. The number of hydrogen-bond acceptors (Lipinski definition) is 1. The van der Waals surface area contributed by atoms with Crippen LogP contribution < -0.4 is 5.32 Å². The summed E-state index contributed by atoms with van der Waals surface area (Å²) in [6.07, 6.45) is 0. The molecule has 96 valence electrons. The molecular formula is C16H14INO. The number of halogens is 1.